The van der Waals surface area contributed by atoms with Crippen molar-refractivity contribution >= 4 is 7.12 Å². The highest BCUT2D eigenvalue weighted by Gasteiger charge is 2.50. The van der Waals surface area contributed by atoms with Crippen LogP contribution < -0.4 is 4.74 Å². The number of benzene rings is 3. The molecule has 0 spiro atoms. The summed E-state index contributed by atoms with van der Waals surface area (Å²) < 4.78 is 90.8. The summed E-state index contributed by atoms with van der Waals surface area (Å²) >= 11 is 0. The molecule has 1 aliphatic heterocycles. The van der Waals surface area contributed by atoms with E-state index in [-0.39, 0.29) is 47.3 Å². The molecule has 4 rings (SSSR count). The van der Waals surface area contributed by atoms with Crippen LogP contribution in [0.4, 0.5) is 26.3 Å². The molecule has 0 amide bonds. The van der Waals surface area contributed by atoms with Crippen molar-refractivity contribution in [2.45, 2.75) is 76.8 Å². The van der Waals surface area contributed by atoms with Crippen molar-refractivity contribution in [1.82, 2.24) is 0 Å². The van der Waals surface area contributed by atoms with E-state index < -0.39 is 36.4 Å². The summed E-state index contributed by atoms with van der Waals surface area (Å²) in [5, 5.41) is 28.6. The van der Waals surface area contributed by atoms with Gasteiger partial charge < -0.3 is 19.2 Å². The Balaban J connectivity index is 0.000000254. The van der Waals surface area contributed by atoms with Gasteiger partial charge in [-0.05, 0) is 55.5 Å². The minimum Gasteiger partial charge on any atom is -0.503 e. The van der Waals surface area contributed by atoms with Gasteiger partial charge in [-0.15, -0.1) is 0 Å². The molecule has 0 atom stereocenters. The summed E-state index contributed by atoms with van der Waals surface area (Å²) in [6.45, 7) is 7.89. The number of hydrogen-bond donors (Lipinski definition) is 1. The number of nitrogens with zero attached hydrogens (tertiary/aromatic N) is 2. The zero-order chi connectivity index (χ0) is 34.5. The lowest BCUT2D eigenvalue weighted by molar-refractivity contribution is -0.128. The average Bonchev–Trinajstić information content (AvgIpc) is 3.15. The molecule has 1 N–H and O–H groups in total. The normalized spacial score (nSPS) is 15.4. The van der Waals surface area contributed by atoms with Crippen LogP contribution in [0, 0.1) is 22.7 Å². The van der Waals surface area contributed by atoms with Gasteiger partial charge in [0.2, 0.25) is 0 Å². The Morgan fingerprint density at radius 3 is 1.59 bits per heavy atom. The van der Waals surface area contributed by atoms with Gasteiger partial charge in [0, 0.05) is 18.8 Å². The topological polar surface area (TPSA) is 95.5 Å². The second kappa shape index (κ2) is 14.1. The molecule has 0 aliphatic carbocycles. The van der Waals surface area contributed by atoms with Crippen LogP contribution in [0.25, 0.3) is 0 Å². The highest BCUT2D eigenvalue weighted by atomic mass is 19.4. The highest BCUT2D eigenvalue weighted by Crippen LogP contribution is 2.38. The molecule has 13 heteroatoms. The fraction of sp³-hybridized carbons (Fsp3) is 0.394. The van der Waals surface area contributed by atoms with Gasteiger partial charge >= 0.3 is 19.5 Å². The number of rotatable bonds is 7. The maximum atomic E-state index is 12.4. The predicted molar refractivity (Wildman–Crippen MR) is 159 cm³/mol. The summed E-state index contributed by atoms with van der Waals surface area (Å²) in [6, 6.07) is 17.2. The van der Waals surface area contributed by atoms with E-state index in [1.807, 2.05) is 39.8 Å². The Hall–Kier alpha value is -4.20. The quantitative estimate of drug-likeness (QED) is 0.208. The van der Waals surface area contributed by atoms with Crippen molar-refractivity contribution in [2.24, 2.45) is 0 Å². The van der Waals surface area contributed by atoms with Gasteiger partial charge in [-0.2, -0.15) is 36.9 Å². The molecule has 244 valence electrons. The maximum absolute atomic E-state index is 12.4. The highest BCUT2D eigenvalue weighted by molar-refractivity contribution is 6.45. The first-order valence-corrected chi connectivity index (χ1v) is 14.1. The van der Waals surface area contributed by atoms with E-state index in [1.165, 1.54) is 49.6 Å². The van der Waals surface area contributed by atoms with Crippen molar-refractivity contribution in [3.8, 4) is 23.6 Å². The van der Waals surface area contributed by atoms with Gasteiger partial charge in [0.15, 0.2) is 11.5 Å². The van der Waals surface area contributed by atoms with Crippen molar-refractivity contribution in [3.05, 3.63) is 93.5 Å². The number of hydrogen-bond acceptors (Lipinski definition) is 6. The van der Waals surface area contributed by atoms with E-state index in [9.17, 15) is 42.0 Å². The molecule has 0 saturated carbocycles. The van der Waals surface area contributed by atoms with Crippen molar-refractivity contribution in [2.75, 3.05) is 7.11 Å². The Morgan fingerprint density at radius 2 is 1.20 bits per heavy atom. The molecular weight excluding hydrogens is 613 g/mol. The Morgan fingerprint density at radius 1 is 0.761 bits per heavy atom. The van der Waals surface area contributed by atoms with E-state index in [0.29, 0.717) is 17.4 Å². The molecule has 0 aromatic heterocycles. The van der Waals surface area contributed by atoms with Gasteiger partial charge in [-0.1, -0.05) is 48.5 Å². The molecule has 46 heavy (non-hydrogen) atoms. The Labute approximate surface area is 264 Å². The van der Waals surface area contributed by atoms with Crippen LogP contribution in [0.3, 0.4) is 0 Å². The number of alkyl halides is 6. The lowest BCUT2D eigenvalue weighted by atomic mass is 9.80. The SMILES string of the molecule is CC1(C)OB(Cc2ccc(CC(F)(F)F)cc2)OC1(C)C.COc1cc(C#N)c(Cc2ccc(CC(F)(F)F)cc2)c(C#N)c1O. The minimum absolute atomic E-state index is 0.0115. The van der Waals surface area contributed by atoms with Crippen LogP contribution in [0.15, 0.2) is 54.6 Å². The first-order valence-electron chi connectivity index (χ1n) is 14.1. The zero-order valence-corrected chi connectivity index (χ0v) is 25.9. The molecule has 1 aliphatic rings. The fourth-order valence-electron chi connectivity index (χ4n) is 4.72. The maximum Gasteiger partial charge on any atom is 0.462 e. The zero-order valence-electron chi connectivity index (χ0n) is 25.9. The van der Waals surface area contributed by atoms with Crippen molar-refractivity contribution < 1.29 is 45.5 Å². The predicted octanol–water partition coefficient (Wildman–Crippen LogP) is 7.81. The third-order valence-corrected chi connectivity index (χ3v) is 7.77. The van der Waals surface area contributed by atoms with Crippen LogP contribution in [0.1, 0.15) is 66.6 Å². The monoisotopic (exact) mass is 646 g/mol. The van der Waals surface area contributed by atoms with Crippen LogP contribution in [0.2, 0.25) is 0 Å². The molecule has 1 fully saturated rings. The van der Waals surface area contributed by atoms with Gasteiger partial charge in [-0.25, -0.2) is 0 Å². The molecule has 0 unspecified atom stereocenters. The summed E-state index contributed by atoms with van der Waals surface area (Å²) in [7, 11) is 0.930. The van der Waals surface area contributed by atoms with Gasteiger partial charge in [0.25, 0.3) is 0 Å². The first kappa shape index (κ1) is 36.3. The molecule has 3 aromatic carbocycles. The summed E-state index contributed by atoms with van der Waals surface area (Å²) in [6.07, 6.45) is -9.74. The van der Waals surface area contributed by atoms with Gasteiger partial charge in [-0.3, -0.25) is 0 Å². The van der Waals surface area contributed by atoms with Gasteiger partial charge in [0.05, 0.1) is 42.8 Å². The first-order chi connectivity index (χ1) is 21.3. The van der Waals surface area contributed by atoms with E-state index in [1.54, 1.807) is 12.1 Å². The number of methoxy groups -OCH3 is 1. The molecule has 1 heterocycles. The number of phenolic OH excluding ortho intramolecular Hbond substituents is 1. The lowest BCUT2D eigenvalue weighted by Gasteiger charge is -2.32. The fourth-order valence-corrected chi connectivity index (χ4v) is 4.72. The average molecular weight is 646 g/mol. The molecule has 0 bridgehead atoms. The van der Waals surface area contributed by atoms with E-state index in [2.05, 4.69) is 0 Å². The molecule has 1 saturated heterocycles. The molecule has 3 aromatic rings. The third kappa shape index (κ3) is 9.65. The number of aromatic hydroxyl groups is 1. The second-order valence-electron chi connectivity index (χ2n) is 11.8. The summed E-state index contributed by atoms with van der Waals surface area (Å²) in [5.41, 5.74) is 1.48. The van der Waals surface area contributed by atoms with E-state index in [0.717, 1.165) is 5.56 Å². The Bertz CT molecular complexity index is 1570. The second-order valence-corrected chi connectivity index (χ2v) is 11.8. The van der Waals surface area contributed by atoms with Crippen LogP contribution in [-0.4, -0.2) is 42.9 Å². The van der Waals surface area contributed by atoms with Crippen LogP contribution in [-0.2, 0) is 34.9 Å². The van der Waals surface area contributed by atoms with Crippen molar-refractivity contribution in [3.63, 3.8) is 0 Å². The number of nitriles is 2. The third-order valence-electron chi connectivity index (χ3n) is 7.77. The standard InChI is InChI=1S/C18H13F3N2O2.C15H20BF3O2/c1-25-16-7-13(9-22)14(15(10-23)17(16)24)6-11-2-4-12(5-3-11)8-18(19,20)21;1-13(2)14(3,4)21-16(20-13)10-12-7-5-11(6-8-12)9-15(17,18)19/h2-5,7,24H,6,8H2,1H3;5-8H,9-10H2,1-4H3. The lowest BCUT2D eigenvalue weighted by Crippen LogP contribution is -2.41. The number of phenols is 1. The van der Waals surface area contributed by atoms with Crippen LogP contribution in [0.5, 0.6) is 11.5 Å². The number of ether oxygens (including phenoxy) is 1. The van der Waals surface area contributed by atoms with E-state index >= 15 is 0 Å². The minimum atomic E-state index is -4.29. The largest absolute Gasteiger partial charge is 0.503 e. The number of halogens is 6. The Kier molecular flexibility index (Phi) is 11.1. The van der Waals surface area contributed by atoms with Crippen molar-refractivity contribution in [1.29, 1.82) is 10.5 Å². The van der Waals surface area contributed by atoms with Gasteiger partial charge in [0.1, 0.15) is 11.6 Å². The summed E-state index contributed by atoms with van der Waals surface area (Å²) in [4.78, 5) is 0. The smallest absolute Gasteiger partial charge is 0.462 e. The van der Waals surface area contributed by atoms with E-state index in [4.69, 9.17) is 14.0 Å². The molecule has 0 radical (unpaired) electrons. The summed E-state index contributed by atoms with van der Waals surface area (Å²) in [5.74, 6) is -0.356. The molecule has 6 nitrogen and oxygen atoms in total. The van der Waals surface area contributed by atoms with Crippen LogP contribution >= 0.6 is 0 Å². The molecular formula is C33H33BF6N2O4.